The molecule has 1 fully saturated rings. The first-order valence-electron chi connectivity index (χ1n) is 7.97. The predicted octanol–water partition coefficient (Wildman–Crippen LogP) is 2.74. The number of pyridine rings is 1. The summed E-state index contributed by atoms with van der Waals surface area (Å²) in [6, 6.07) is 9.94. The van der Waals surface area contributed by atoms with Gasteiger partial charge in [-0.2, -0.15) is 0 Å². The molecular formula is C18H23N3O. The van der Waals surface area contributed by atoms with Crippen molar-refractivity contribution in [3.63, 3.8) is 0 Å². The molecule has 1 aromatic heterocycles. The Morgan fingerprint density at radius 1 is 1.36 bits per heavy atom. The molecule has 0 unspecified atom stereocenters. The van der Waals surface area contributed by atoms with Gasteiger partial charge in [0.15, 0.2) is 0 Å². The fourth-order valence-electron chi connectivity index (χ4n) is 3.21. The first-order chi connectivity index (χ1) is 10.6. The number of likely N-dealkylation sites (tertiary alicyclic amines) is 1. The van der Waals surface area contributed by atoms with Crippen LogP contribution in [0.25, 0.3) is 10.9 Å². The number of para-hydroxylation sites is 1. The normalized spacial score (nSPS) is 20.1. The SMILES string of the molecule is Cc1ccc2cccc(C(=O)N3CCC[C@H]([C@H](C)N)C3)c2n1. The summed E-state index contributed by atoms with van der Waals surface area (Å²) in [6.45, 7) is 5.54. The van der Waals surface area contributed by atoms with Crippen molar-refractivity contribution in [3.05, 3.63) is 41.6 Å². The summed E-state index contributed by atoms with van der Waals surface area (Å²) < 4.78 is 0. The third kappa shape index (κ3) is 2.83. The second-order valence-corrected chi connectivity index (χ2v) is 6.34. The summed E-state index contributed by atoms with van der Waals surface area (Å²) >= 11 is 0. The van der Waals surface area contributed by atoms with E-state index in [4.69, 9.17) is 5.73 Å². The van der Waals surface area contributed by atoms with Gasteiger partial charge in [-0.3, -0.25) is 9.78 Å². The quantitative estimate of drug-likeness (QED) is 0.927. The highest BCUT2D eigenvalue weighted by molar-refractivity contribution is 6.05. The molecule has 1 aliphatic heterocycles. The van der Waals surface area contributed by atoms with Gasteiger partial charge < -0.3 is 10.6 Å². The lowest BCUT2D eigenvalue weighted by Crippen LogP contribution is -2.45. The summed E-state index contributed by atoms with van der Waals surface area (Å²) in [5.41, 5.74) is 8.46. The molecule has 2 N–H and O–H groups in total. The molecule has 3 rings (SSSR count). The molecule has 0 aliphatic carbocycles. The van der Waals surface area contributed by atoms with Gasteiger partial charge in [-0.15, -0.1) is 0 Å². The fourth-order valence-corrected chi connectivity index (χ4v) is 3.21. The van der Waals surface area contributed by atoms with E-state index in [-0.39, 0.29) is 11.9 Å². The minimum Gasteiger partial charge on any atom is -0.338 e. The second kappa shape index (κ2) is 6.05. The van der Waals surface area contributed by atoms with E-state index in [9.17, 15) is 4.79 Å². The van der Waals surface area contributed by atoms with Crippen LogP contribution in [0.5, 0.6) is 0 Å². The van der Waals surface area contributed by atoms with E-state index in [1.165, 1.54) is 0 Å². The van der Waals surface area contributed by atoms with Gasteiger partial charge in [0.2, 0.25) is 0 Å². The van der Waals surface area contributed by atoms with E-state index in [0.29, 0.717) is 11.5 Å². The standard InChI is InChI=1S/C18H23N3O/c1-12-8-9-14-5-3-7-16(17(14)20-12)18(22)21-10-4-6-15(11-21)13(2)19/h3,5,7-9,13,15H,4,6,10-11,19H2,1-2H3/t13-,15-/m0/s1. The Hall–Kier alpha value is -1.94. The summed E-state index contributed by atoms with van der Waals surface area (Å²) in [6.07, 6.45) is 2.13. The lowest BCUT2D eigenvalue weighted by atomic mass is 9.91. The Morgan fingerprint density at radius 2 is 2.18 bits per heavy atom. The molecular weight excluding hydrogens is 274 g/mol. The number of piperidine rings is 1. The Kier molecular flexibility index (Phi) is 4.12. The topological polar surface area (TPSA) is 59.2 Å². The van der Waals surface area contributed by atoms with Crippen LogP contribution >= 0.6 is 0 Å². The third-order valence-electron chi connectivity index (χ3n) is 4.58. The molecule has 4 heteroatoms. The number of carbonyl (C=O) groups excluding carboxylic acids is 1. The number of fused-ring (bicyclic) bond motifs is 1. The van der Waals surface area contributed by atoms with E-state index in [0.717, 1.165) is 42.5 Å². The van der Waals surface area contributed by atoms with Gasteiger partial charge in [-0.05, 0) is 44.7 Å². The average Bonchev–Trinajstić information content (AvgIpc) is 2.53. The fraction of sp³-hybridized carbons (Fsp3) is 0.444. The highest BCUT2D eigenvalue weighted by atomic mass is 16.2. The maximum Gasteiger partial charge on any atom is 0.256 e. The zero-order valence-electron chi connectivity index (χ0n) is 13.2. The van der Waals surface area contributed by atoms with Crippen molar-refractivity contribution in [2.45, 2.75) is 32.7 Å². The van der Waals surface area contributed by atoms with Crippen molar-refractivity contribution in [1.29, 1.82) is 0 Å². The first kappa shape index (κ1) is 15.0. The van der Waals surface area contributed by atoms with E-state index in [2.05, 4.69) is 4.98 Å². The third-order valence-corrected chi connectivity index (χ3v) is 4.58. The van der Waals surface area contributed by atoms with Crippen molar-refractivity contribution in [2.24, 2.45) is 11.7 Å². The van der Waals surface area contributed by atoms with Crippen molar-refractivity contribution in [3.8, 4) is 0 Å². The van der Waals surface area contributed by atoms with Crippen LogP contribution in [0.4, 0.5) is 0 Å². The van der Waals surface area contributed by atoms with Gasteiger partial charge in [0.05, 0.1) is 11.1 Å². The van der Waals surface area contributed by atoms with Crippen molar-refractivity contribution in [1.82, 2.24) is 9.88 Å². The molecule has 1 aromatic carbocycles. The van der Waals surface area contributed by atoms with Crippen LogP contribution in [0.15, 0.2) is 30.3 Å². The van der Waals surface area contributed by atoms with E-state index in [1.54, 1.807) is 0 Å². The van der Waals surface area contributed by atoms with Crippen molar-refractivity contribution >= 4 is 16.8 Å². The number of hydrogen-bond acceptors (Lipinski definition) is 3. The summed E-state index contributed by atoms with van der Waals surface area (Å²) in [5, 5.41) is 1.01. The van der Waals surface area contributed by atoms with Gasteiger partial charge in [0.25, 0.3) is 5.91 Å². The van der Waals surface area contributed by atoms with Crippen LogP contribution in [0, 0.1) is 12.8 Å². The summed E-state index contributed by atoms with van der Waals surface area (Å²) in [5.74, 6) is 0.469. The van der Waals surface area contributed by atoms with E-state index in [1.807, 2.05) is 49.1 Å². The van der Waals surface area contributed by atoms with Crippen molar-refractivity contribution in [2.75, 3.05) is 13.1 Å². The van der Waals surface area contributed by atoms with Crippen LogP contribution in [-0.4, -0.2) is 34.9 Å². The molecule has 2 atom stereocenters. The van der Waals surface area contributed by atoms with E-state index < -0.39 is 0 Å². The number of nitrogens with two attached hydrogens (primary N) is 1. The number of rotatable bonds is 2. The van der Waals surface area contributed by atoms with Gasteiger partial charge >= 0.3 is 0 Å². The second-order valence-electron chi connectivity index (χ2n) is 6.34. The number of hydrogen-bond donors (Lipinski definition) is 1. The maximum absolute atomic E-state index is 12.9. The first-order valence-corrected chi connectivity index (χ1v) is 7.97. The lowest BCUT2D eigenvalue weighted by molar-refractivity contribution is 0.0663. The zero-order valence-corrected chi connectivity index (χ0v) is 13.2. The van der Waals surface area contributed by atoms with Gasteiger partial charge in [0, 0.05) is 30.2 Å². The molecule has 1 amide bonds. The minimum atomic E-state index is 0.0778. The molecule has 0 saturated carbocycles. The maximum atomic E-state index is 12.9. The lowest BCUT2D eigenvalue weighted by Gasteiger charge is -2.34. The Balaban J connectivity index is 1.93. The van der Waals surface area contributed by atoms with E-state index >= 15 is 0 Å². The molecule has 1 aliphatic rings. The molecule has 1 saturated heterocycles. The highest BCUT2D eigenvalue weighted by Crippen LogP contribution is 2.23. The largest absolute Gasteiger partial charge is 0.338 e. The average molecular weight is 297 g/mol. The Bertz CT molecular complexity index is 696. The van der Waals surface area contributed by atoms with Crippen LogP contribution in [0.2, 0.25) is 0 Å². The molecule has 4 nitrogen and oxygen atoms in total. The molecule has 0 bridgehead atoms. The zero-order chi connectivity index (χ0) is 15.7. The van der Waals surface area contributed by atoms with Crippen LogP contribution in [-0.2, 0) is 0 Å². The summed E-state index contributed by atoms with van der Waals surface area (Å²) in [7, 11) is 0. The number of aryl methyl sites for hydroxylation is 1. The van der Waals surface area contributed by atoms with Gasteiger partial charge in [0.1, 0.15) is 0 Å². The van der Waals surface area contributed by atoms with Gasteiger partial charge in [-0.25, -0.2) is 0 Å². The minimum absolute atomic E-state index is 0.0778. The number of aromatic nitrogens is 1. The number of carbonyl (C=O) groups is 1. The number of amides is 1. The smallest absolute Gasteiger partial charge is 0.256 e. The molecule has 22 heavy (non-hydrogen) atoms. The Morgan fingerprint density at radius 3 is 2.95 bits per heavy atom. The monoisotopic (exact) mass is 297 g/mol. The number of nitrogens with zero attached hydrogens (tertiary/aromatic N) is 2. The summed E-state index contributed by atoms with van der Waals surface area (Å²) in [4.78, 5) is 19.5. The molecule has 116 valence electrons. The molecule has 2 heterocycles. The van der Waals surface area contributed by atoms with Gasteiger partial charge in [-0.1, -0.05) is 18.2 Å². The Labute approximate surface area is 131 Å². The molecule has 0 radical (unpaired) electrons. The molecule has 0 spiro atoms. The van der Waals surface area contributed by atoms with Crippen LogP contribution < -0.4 is 5.73 Å². The highest BCUT2D eigenvalue weighted by Gasteiger charge is 2.27. The number of benzene rings is 1. The van der Waals surface area contributed by atoms with Crippen LogP contribution in [0.3, 0.4) is 0 Å². The molecule has 2 aromatic rings. The van der Waals surface area contributed by atoms with Crippen LogP contribution in [0.1, 0.15) is 35.8 Å². The van der Waals surface area contributed by atoms with Crippen molar-refractivity contribution < 1.29 is 4.79 Å². The predicted molar refractivity (Wildman–Crippen MR) is 88.8 cm³/mol.